The number of pyridine rings is 2. The van der Waals surface area contributed by atoms with E-state index in [9.17, 15) is 9.50 Å². The van der Waals surface area contributed by atoms with Crippen molar-refractivity contribution in [2.75, 3.05) is 32.7 Å². The number of hydrogen-bond acceptors (Lipinski definition) is 11. The Labute approximate surface area is 199 Å². The summed E-state index contributed by atoms with van der Waals surface area (Å²) in [6.45, 7) is 1.78. The zero-order valence-corrected chi connectivity index (χ0v) is 19.3. The van der Waals surface area contributed by atoms with E-state index in [0.717, 1.165) is 22.5 Å². The summed E-state index contributed by atoms with van der Waals surface area (Å²) in [6.07, 6.45) is -0.894. The predicted molar refractivity (Wildman–Crippen MR) is 120 cm³/mol. The van der Waals surface area contributed by atoms with Crippen LogP contribution in [-0.2, 0) is 22.4 Å². The first-order valence-corrected chi connectivity index (χ1v) is 11.8. The van der Waals surface area contributed by atoms with Crippen LogP contribution >= 0.6 is 11.8 Å². The molecule has 0 aromatic carbocycles. The average Bonchev–Trinajstić information content (AvgIpc) is 2.89. The molecule has 34 heavy (non-hydrogen) atoms. The van der Waals surface area contributed by atoms with Crippen LogP contribution in [0.1, 0.15) is 11.3 Å². The fraction of sp³-hybridized carbons (Fsp3) is 0.455. The van der Waals surface area contributed by atoms with E-state index in [0.29, 0.717) is 49.2 Å². The van der Waals surface area contributed by atoms with Crippen molar-refractivity contribution in [2.24, 2.45) is 0 Å². The molecule has 2 aliphatic heterocycles. The van der Waals surface area contributed by atoms with E-state index in [1.807, 2.05) is 6.07 Å². The third kappa shape index (κ3) is 5.05. The molecule has 0 saturated carbocycles. The SMILES string of the molecule is COc1ccc2ncc(F)c(C[C@H](O)[C@H]3OC[C@H](NCc4cc5c(nn4)OCCS5)CO3)c2n1. The van der Waals surface area contributed by atoms with Gasteiger partial charge in [0.2, 0.25) is 11.8 Å². The van der Waals surface area contributed by atoms with Crippen LogP contribution in [0.2, 0.25) is 0 Å². The number of nitrogens with zero attached hydrogens (tertiary/aromatic N) is 4. The summed E-state index contributed by atoms with van der Waals surface area (Å²) < 4.78 is 36.6. The summed E-state index contributed by atoms with van der Waals surface area (Å²) in [5, 5.41) is 22.3. The number of aliphatic hydroxyl groups excluding tert-OH is 1. The van der Waals surface area contributed by atoms with Gasteiger partial charge in [-0.1, -0.05) is 0 Å². The Bertz CT molecular complexity index is 1160. The van der Waals surface area contributed by atoms with Crippen molar-refractivity contribution < 1.29 is 28.4 Å². The van der Waals surface area contributed by atoms with Gasteiger partial charge in [0, 0.05) is 30.3 Å². The number of halogens is 1. The van der Waals surface area contributed by atoms with E-state index in [1.54, 1.807) is 23.9 Å². The fourth-order valence-corrected chi connectivity index (χ4v) is 4.61. The van der Waals surface area contributed by atoms with Gasteiger partial charge < -0.3 is 29.4 Å². The fourth-order valence-electron chi connectivity index (χ4n) is 3.78. The van der Waals surface area contributed by atoms with Crippen molar-refractivity contribution in [3.05, 3.63) is 41.5 Å². The van der Waals surface area contributed by atoms with Gasteiger partial charge in [0.25, 0.3) is 0 Å². The maximum absolute atomic E-state index is 14.5. The normalized spacial score (nSPS) is 21.0. The monoisotopic (exact) mass is 489 g/mol. The van der Waals surface area contributed by atoms with Crippen LogP contribution in [0.25, 0.3) is 11.0 Å². The summed E-state index contributed by atoms with van der Waals surface area (Å²) in [6, 6.07) is 5.22. The van der Waals surface area contributed by atoms with E-state index in [-0.39, 0.29) is 18.0 Å². The maximum Gasteiger partial charge on any atom is 0.247 e. The molecule has 0 amide bonds. The second-order valence-electron chi connectivity index (χ2n) is 7.89. The number of hydrogen-bond donors (Lipinski definition) is 2. The van der Waals surface area contributed by atoms with Crippen LogP contribution in [-0.4, -0.2) is 76.4 Å². The van der Waals surface area contributed by atoms with Crippen molar-refractivity contribution >= 4 is 22.8 Å². The summed E-state index contributed by atoms with van der Waals surface area (Å²) in [4.78, 5) is 9.34. The van der Waals surface area contributed by atoms with Crippen molar-refractivity contribution in [3.8, 4) is 11.8 Å². The molecule has 0 bridgehead atoms. The number of nitrogens with one attached hydrogen (secondary N) is 1. The maximum atomic E-state index is 14.5. The molecule has 1 fully saturated rings. The second kappa shape index (κ2) is 10.3. The number of aromatic nitrogens is 4. The van der Waals surface area contributed by atoms with Crippen LogP contribution in [0.15, 0.2) is 29.3 Å². The second-order valence-corrected chi connectivity index (χ2v) is 9.03. The Morgan fingerprint density at radius 2 is 2.15 bits per heavy atom. The zero-order chi connectivity index (χ0) is 23.5. The highest BCUT2D eigenvalue weighted by Crippen LogP contribution is 2.30. The van der Waals surface area contributed by atoms with E-state index in [1.165, 1.54) is 7.11 Å². The molecule has 12 heteroatoms. The third-order valence-electron chi connectivity index (χ3n) is 5.53. The lowest BCUT2D eigenvalue weighted by molar-refractivity contribution is -0.230. The van der Waals surface area contributed by atoms with Crippen LogP contribution < -0.4 is 14.8 Å². The van der Waals surface area contributed by atoms with Gasteiger partial charge in [0.15, 0.2) is 6.29 Å². The largest absolute Gasteiger partial charge is 0.481 e. The highest BCUT2D eigenvalue weighted by molar-refractivity contribution is 7.99. The van der Waals surface area contributed by atoms with Crippen LogP contribution in [0.3, 0.4) is 0 Å². The number of fused-ring (bicyclic) bond motifs is 2. The van der Waals surface area contributed by atoms with Crippen LogP contribution in [0.5, 0.6) is 11.8 Å². The van der Waals surface area contributed by atoms with Crippen molar-refractivity contribution in [1.29, 1.82) is 0 Å². The number of ether oxygens (including phenoxy) is 4. The molecule has 10 nitrogen and oxygen atoms in total. The summed E-state index contributed by atoms with van der Waals surface area (Å²) in [7, 11) is 1.48. The molecule has 3 aromatic rings. The highest BCUT2D eigenvalue weighted by Gasteiger charge is 2.29. The van der Waals surface area contributed by atoms with Crippen molar-refractivity contribution in [1.82, 2.24) is 25.5 Å². The molecule has 0 aliphatic carbocycles. The standard InChI is InChI=1S/C22H24FN5O5S/c1-30-19-3-2-16-20(26-19)14(15(23)9-25-16)7-17(29)22-32-10-13(11-33-22)24-8-12-6-18-21(28-27-12)31-4-5-34-18/h2-3,6,9,13,17,22,24,29H,4-5,7-8,10-11H2,1H3/t13-,17-,22-/m0/s1. The highest BCUT2D eigenvalue weighted by atomic mass is 32.2. The molecule has 1 saturated heterocycles. The third-order valence-corrected chi connectivity index (χ3v) is 6.50. The minimum atomic E-state index is -1.09. The molecule has 0 spiro atoms. The van der Waals surface area contributed by atoms with E-state index < -0.39 is 18.2 Å². The van der Waals surface area contributed by atoms with Gasteiger partial charge in [0.05, 0.1) is 60.8 Å². The van der Waals surface area contributed by atoms with Gasteiger partial charge in [-0.2, -0.15) is 5.10 Å². The molecule has 2 N–H and O–H groups in total. The molecule has 180 valence electrons. The quantitative estimate of drug-likeness (QED) is 0.502. The van der Waals surface area contributed by atoms with Gasteiger partial charge in [0.1, 0.15) is 11.9 Å². The van der Waals surface area contributed by atoms with Crippen LogP contribution in [0.4, 0.5) is 4.39 Å². The molecule has 5 heterocycles. The number of methoxy groups -OCH3 is 1. The first-order valence-electron chi connectivity index (χ1n) is 10.9. The summed E-state index contributed by atoms with van der Waals surface area (Å²) in [5.41, 5.74) is 1.87. The van der Waals surface area contributed by atoms with Gasteiger partial charge in [-0.25, -0.2) is 9.37 Å². The lowest BCUT2D eigenvalue weighted by Crippen LogP contribution is -2.48. The number of thioether (sulfide) groups is 1. The first-order chi connectivity index (χ1) is 16.6. The Kier molecular flexibility index (Phi) is 7.02. The summed E-state index contributed by atoms with van der Waals surface area (Å²) in [5.74, 6) is 1.25. The lowest BCUT2D eigenvalue weighted by Gasteiger charge is -2.32. The van der Waals surface area contributed by atoms with E-state index in [4.69, 9.17) is 18.9 Å². The Morgan fingerprint density at radius 3 is 2.97 bits per heavy atom. The predicted octanol–water partition coefficient (Wildman–Crippen LogP) is 1.49. The number of aliphatic hydroxyl groups is 1. The number of rotatable bonds is 7. The smallest absolute Gasteiger partial charge is 0.247 e. The lowest BCUT2D eigenvalue weighted by atomic mass is 10.1. The van der Waals surface area contributed by atoms with Crippen LogP contribution in [0, 0.1) is 5.82 Å². The Morgan fingerprint density at radius 1 is 1.29 bits per heavy atom. The van der Waals surface area contributed by atoms with E-state index in [2.05, 4.69) is 25.5 Å². The molecule has 2 aliphatic rings. The minimum absolute atomic E-state index is 0.0434. The molecule has 3 aromatic heterocycles. The minimum Gasteiger partial charge on any atom is -0.481 e. The van der Waals surface area contributed by atoms with Gasteiger partial charge in [-0.3, -0.25) is 4.98 Å². The molecular weight excluding hydrogens is 465 g/mol. The van der Waals surface area contributed by atoms with Crippen molar-refractivity contribution in [2.45, 2.75) is 36.3 Å². The molecule has 5 rings (SSSR count). The van der Waals surface area contributed by atoms with Gasteiger partial charge >= 0.3 is 0 Å². The molecule has 0 unspecified atom stereocenters. The van der Waals surface area contributed by atoms with Gasteiger partial charge in [-0.15, -0.1) is 16.9 Å². The zero-order valence-electron chi connectivity index (χ0n) is 18.4. The molecule has 0 radical (unpaired) electrons. The Hall–Kier alpha value is -2.64. The van der Waals surface area contributed by atoms with Crippen molar-refractivity contribution in [3.63, 3.8) is 0 Å². The van der Waals surface area contributed by atoms with Gasteiger partial charge in [-0.05, 0) is 12.1 Å². The summed E-state index contributed by atoms with van der Waals surface area (Å²) >= 11 is 1.70. The topological polar surface area (TPSA) is 121 Å². The molecule has 1 atom stereocenters. The average molecular weight is 490 g/mol. The first kappa shape index (κ1) is 23.1. The van der Waals surface area contributed by atoms with E-state index >= 15 is 0 Å². The molecular formula is C22H24FN5O5S. The Balaban J connectivity index is 1.16.